The molecule has 0 spiro atoms. The number of aryl methyl sites for hydroxylation is 1. The van der Waals surface area contributed by atoms with Gasteiger partial charge < -0.3 is 5.32 Å². The summed E-state index contributed by atoms with van der Waals surface area (Å²) in [6.45, 7) is 1.79. The molecule has 3 rings (SSSR count). The zero-order valence-electron chi connectivity index (χ0n) is 14.4. The van der Waals surface area contributed by atoms with Gasteiger partial charge in [-0.2, -0.15) is 5.10 Å². The van der Waals surface area contributed by atoms with Gasteiger partial charge in [0, 0.05) is 22.9 Å². The van der Waals surface area contributed by atoms with Gasteiger partial charge in [0.25, 0.3) is 5.91 Å². The first kappa shape index (κ1) is 19.4. The number of nitrogens with zero attached hydrogens (tertiary/aromatic N) is 2. The number of rotatable bonds is 4. The molecule has 0 radical (unpaired) electrons. The van der Waals surface area contributed by atoms with Gasteiger partial charge in [0.15, 0.2) is 9.84 Å². The number of nitrogens with one attached hydrogen (secondary N) is 1. The van der Waals surface area contributed by atoms with Gasteiger partial charge in [-0.15, -0.1) is 0 Å². The lowest BCUT2D eigenvalue weighted by Crippen LogP contribution is -2.16. The first-order valence-corrected chi connectivity index (χ1v) is 10.4. The van der Waals surface area contributed by atoms with Gasteiger partial charge in [-0.05, 0) is 43.3 Å². The highest BCUT2D eigenvalue weighted by Crippen LogP contribution is 2.24. The standard InChI is InChI=1S/C18H15Cl2N3O3S/c1-11-8-17(23(22-11)14-5-3-4-13(19)10-14)21-18(24)12-6-7-15(20)16(9-12)27(2,25)26/h3-10H,1-2H3,(H,21,24). The number of amides is 1. The third kappa shape index (κ3) is 4.32. The molecule has 1 heterocycles. The van der Waals surface area contributed by atoms with Crippen LogP contribution in [0.2, 0.25) is 10.0 Å². The Kier molecular flexibility index (Phi) is 5.28. The first-order chi connectivity index (χ1) is 12.6. The second-order valence-electron chi connectivity index (χ2n) is 5.93. The summed E-state index contributed by atoms with van der Waals surface area (Å²) >= 11 is 12.0. The van der Waals surface area contributed by atoms with E-state index in [0.717, 1.165) is 6.26 Å². The maximum absolute atomic E-state index is 12.6. The molecule has 0 aliphatic carbocycles. The molecule has 0 aliphatic rings. The quantitative estimate of drug-likeness (QED) is 0.683. The van der Waals surface area contributed by atoms with Crippen molar-refractivity contribution < 1.29 is 13.2 Å². The van der Waals surface area contributed by atoms with Gasteiger partial charge in [-0.3, -0.25) is 4.79 Å². The zero-order valence-corrected chi connectivity index (χ0v) is 16.7. The van der Waals surface area contributed by atoms with Crippen LogP contribution in [0, 0.1) is 6.92 Å². The highest BCUT2D eigenvalue weighted by Gasteiger charge is 2.17. The topological polar surface area (TPSA) is 81.1 Å². The molecule has 0 bridgehead atoms. The van der Waals surface area contributed by atoms with Gasteiger partial charge in [0.1, 0.15) is 5.82 Å². The Bertz CT molecular complexity index is 1140. The van der Waals surface area contributed by atoms with Crippen LogP contribution in [0.1, 0.15) is 16.1 Å². The van der Waals surface area contributed by atoms with Crippen LogP contribution in [0.15, 0.2) is 53.4 Å². The van der Waals surface area contributed by atoms with E-state index in [1.165, 1.54) is 18.2 Å². The van der Waals surface area contributed by atoms with Crippen molar-refractivity contribution in [3.05, 3.63) is 69.8 Å². The van der Waals surface area contributed by atoms with Crippen molar-refractivity contribution >= 4 is 44.8 Å². The Morgan fingerprint density at radius 1 is 1.11 bits per heavy atom. The van der Waals surface area contributed by atoms with E-state index in [1.54, 1.807) is 41.9 Å². The summed E-state index contributed by atoms with van der Waals surface area (Å²) in [5.41, 5.74) is 1.54. The highest BCUT2D eigenvalue weighted by atomic mass is 35.5. The number of anilines is 1. The van der Waals surface area contributed by atoms with Crippen molar-refractivity contribution in [3.8, 4) is 5.69 Å². The van der Waals surface area contributed by atoms with Gasteiger partial charge in [-0.1, -0.05) is 29.3 Å². The fourth-order valence-electron chi connectivity index (χ4n) is 2.51. The van der Waals surface area contributed by atoms with E-state index in [9.17, 15) is 13.2 Å². The zero-order chi connectivity index (χ0) is 19.8. The lowest BCUT2D eigenvalue weighted by Gasteiger charge is -2.10. The maximum atomic E-state index is 12.6. The molecule has 27 heavy (non-hydrogen) atoms. The molecule has 0 atom stereocenters. The van der Waals surface area contributed by atoms with Gasteiger partial charge >= 0.3 is 0 Å². The molecular formula is C18H15Cl2N3O3S. The molecule has 1 aromatic heterocycles. The van der Waals surface area contributed by atoms with Crippen LogP contribution in [-0.4, -0.2) is 30.4 Å². The van der Waals surface area contributed by atoms with Crippen molar-refractivity contribution in [2.45, 2.75) is 11.8 Å². The second kappa shape index (κ2) is 7.34. The van der Waals surface area contributed by atoms with Crippen molar-refractivity contribution in [3.63, 3.8) is 0 Å². The summed E-state index contributed by atoms with van der Waals surface area (Å²) in [5.74, 6) is -0.0598. The fourth-order valence-corrected chi connectivity index (χ4v) is 4.00. The monoisotopic (exact) mass is 423 g/mol. The minimum Gasteiger partial charge on any atom is -0.306 e. The third-order valence-corrected chi connectivity index (χ3v) is 5.53. The van der Waals surface area contributed by atoms with Crippen LogP contribution in [-0.2, 0) is 9.84 Å². The Labute approximate surface area is 166 Å². The summed E-state index contributed by atoms with van der Waals surface area (Å²) < 4.78 is 25.2. The predicted molar refractivity (Wildman–Crippen MR) is 106 cm³/mol. The normalized spacial score (nSPS) is 11.4. The molecule has 0 saturated carbocycles. The van der Waals surface area contributed by atoms with Gasteiger partial charge in [0.2, 0.25) is 0 Å². The summed E-state index contributed by atoms with van der Waals surface area (Å²) in [6.07, 6.45) is 1.04. The molecule has 6 nitrogen and oxygen atoms in total. The number of sulfone groups is 1. The van der Waals surface area contributed by atoms with E-state index >= 15 is 0 Å². The van der Waals surface area contributed by atoms with Crippen LogP contribution < -0.4 is 5.32 Å². The van der Waals surface area contributed by atoms with E-state index in [-0.39, 0.29) is 15.5 Å². The Balaban J connectivity index is 1.96. The van der Waals surface area contributed by atoms with Crippen LogP contribution in [0.25, 0.3) is 5.69 Å². The highest BCUT2D eigenvalue weighted by molar-refractivity contribution is 7.90. The molecule has 2 aromatic carbocycles. The maximum Gasteiger partial charge on any atom is 0.256 e. The molecule has 140 valence electrons. The van der Waals surface area contributed by atoms with Crippen LogP contribution in [0.5, 0.6) is 0 Å². The predicted octanol–water partition coefficient (Wildman–Crippen LogP) is 4.14. The lowest BCUT2D eigenvalue weighted by molar-refractivity contribution is 0.102. The fraction of sp³-hybridized carbons (Fsp3) is 0.111. The van der Waals surface area contributed by atoms with E-state index in [0.29, 0.717) is 22.2 Å². The number of carbonyl (C=O) groups is 1. The van der Waals surface area contributed by atoms with Crippen molar-refractivity contribution in [2.24, 2.45) is 0 Å². The molecule has 9 heteroatoms. The van der Waals surface area contributed by atoms with Crippen LogP contribution in [0.3, 0.4) is 0 Å². The Hall–Kier alpha value is -2.35. The van der Waals surface area contributed by atoms with Crippen LogP contribution >= 0.6 is 23.2 Å². The number of hydrogen-bond acceptors (Lipinski definition) is 4. The van der Waals surface area contributed by atoms with E-state index in [4.69, 9.17) is 23.2 Å². The number of aromatic nitrogens is 2. The minimum atomic E-state index is -3.56. The molecule has 1 N–H and O–H groups in total. The Morgan fingerprint density at radius 3 is 2.52 bits per heavy atom. The summed E-state index contributed by atoms with van der Waals surface area (Å²) in [4.78, 5) is 12.5. The van der Waals surface area contributed by atoms with E-state index in [1.807, 2.05) is 0 Å². The van der Waals surface area contributed by atoms with Crippen molar-refractivity contribution in [1.29, 1.82) is 0 Å². The van der Waals surface area contributed by atoms with Gasteiger partial charge in [0.05, 0.1) is 21.3 Å². The number of halogens is 2. The summed E-state index contributed by atoms with van der Waals surface area (Å²) in [5, 5.41) is 7.71. The third-order valence-electron chi connectivity index (χ3n) is 3.72. The van der Waals surface area contributed by atoms with E-state index in [2.05, 4.69) is 10.4 Å². The number of benzene rings is 2. The summed E-state index contributed by atoms with van der Waals surface area (Å²) in [6, 6.07) is 12.8. The number of hydrogen-bond donors (Lipinski definition) is 1. The molecule has 0 aliphatic heterocycles. The molecular weight excluding hydrogens is 409 g/mol. The average Bonchev–Trinajstić information content (AvgIpc) is 2.94. The molecule has 0 fully saturated rings. The number of carbonyl (C=O) groups excluding carboxylic acids is 1. The largest absolute Gasteiger partial charge is 0.306 e. The smallest absolute Gasteiger partial charge is 0.256 e. The molecule has 0 unspecified atom stereocenters. The minimum absolute atomic E-state index is 0.0638. The van der Waals surface area contributed by atoms with Crippen molar-refractivity contribution in [1.82, 2.24) is 9.78 Å². The summed E-state index contributed by atoms with van der Waals surface area (Å²) in [7, 11) is -3.56. The second-order valence-corrected chi connectivity index (χ2v) is 8.76. The lowest BCUT2D eigenvalue weighted by atomic mass is 10.2. The van der Waals surface area contributed by atoms with Crippen LogP contribution in [0.4, 0.5) is 5.82 Å². The van der Waals surface area contributed by atoms with Gasteiger partial charge in [-0.25, -0.2) is 13.1 Å². The molecule has 0 saturated heterocycles. The molecule has 3 aromatic rings. The SMILES string of the molecule is Cc1cc(NC(=O)c2ccc(Cl)c(S(C)(=O)=O)c2)n(-c2cccc(Cl)c2)n1. The van der Waals surface area contributed by atoms with Crippen molar-refractivity contribution in [2.75, 3.05) is 11.6 Å². The first-order valence-electron chi connectivity index (χ1n) is 7.79. The Morgan fingerprint density at radius 2 is 1.85 bits per heavy atom. The average molecular weight is 424 g/mol. The van der Waals surface area contributed by atoms with E-state index < -0.39 is 15.7 Å². The molecule has 1 amide bonds.